The summed E-state index contributed by atoms with van der Waals surface area (Å²) in [6.07, 6.45) is 2.06. The topological polar surface area (TPSA) is 87.3 Å². The molecule has 7 heteroatoms. The molecule has 1 saturated heterocycles. The zero-order valence-electron chi connectivity index (χ0n) is 12.1. The molecule has 1 aromatic carbocycles. The minimum Gasteiger partial charge on any atom is -0.381 e. The SMILES string of the molecule is CCCNS(=O)(=O)c1ccc(NC2CCC(=O)NC2)cc1. The number of carbonyl (C=O) groups excluding carboxylic acids is 1. The Labute approximate surface area is 125 Å². The maximum Gasteiger partial charge on any atom is 0.240 e. The van der Waals surface area contributed by atoms with Crippen molar-refractivity contribution in [2.24, 2.45) is 0 Å². The van der Waals surface area contributed by atoms with E-state index in [1.54, 1.807) is 24.3 Å². The Bertz CT molecular complexity index is 574. The van der Waals surface area contributed by atoms with Crippen molar-refractivity contribution in [2.45, 2.75) is 37.1 Å². The summed E-state index contributed by atoms with van der Waals surface area (Å²) in [6.45, 7) is 2.94. The molecule has 0 spiro atoms. The summed E-state index contributed by atoms with van der Waals surface area (Å²) in [5.41, 5.74) is 0.852. The van der Waals surface area contributed by atoms with Gasteiger partial charge in [0, 0.05) is 31.2 Å². The van der Waals surface area contributed by atoms with Crippen molar-refractivity contribution in [1.82, 2.24) is 10.0 Å². The molecule has 0 radical (unpaired) electrons. The van der Waals surface area contributed by atoms with E-state index in [1.807, 2.05) is 6.92 Å². The van der Waals surface area contributed by atoms with Gasteiger partial charge in [-0.1, -0.05) is 6.92 Å². The highest BCUT2D eigenvalue weighted by atomic mass is 32.2. The molecule has 3 N–H and O–H groups in total. The van der Waals surface area contributed by atoms with Crippen molar-refractivity contribution in [2.75, 3.05) is 18.4 Å². The number of piperidine rings is 1. The van der Waals surface area contributed by atoms with Crippen LogP contribution < -0.4 is 15.4 Å². The van der Waals surface area contributed by atoms with Gasteiger partial charge in [0.1, 0.15) is 0 Å². The lowest BCUT2D eigenvalue weighted by atomic mass is 10.1. The number of anilines is 1. The van der Waals surface area contributed by atoms with Crippen LogP contribution in [0.2, 0.25) is 0 Å². The number of rotatable bonds is 6. The number of hydrogen-bond donors (Lipinski definition) is 3. The second kappa shape index (κ2) is 6.91. The van der Waals surface area contributed by atoms with Crippen molar-refractivity contribution in [3.05, 3.63) is 24.3 Å². The highest BCUT2D eigenvalue weighted by Gasteiger charge is 2.18. The molecular formula is C14H21N3O3S. The van der Waals surface area contributed by atoms with Gasteiger partial charge in [-0.3, -0.25) is 4.79 Å². The number of hydrogen-bond acceptors (Lipinski definition) is 4. The fourth-order valence-corrected chi connectivity index (χ4v) is 3.28. The Morgan fingerprint density at radius 3 is 2.57 bits per heavy atom. The minimum absolute atomic E-state index is 0.0801. The number of carbonyl (C=O) groups is 1. The van der Waals surface area contributed by atoms with Crippen LogP contribution in [0.5, 0.6) is 0 Å². The molecule has 1 heterocycles. The highest BCUT2D eigenvalue weighted by Crippen LogP contribution is 2.16. The van der Waals surface area contributed by atoms with E-state index in [4.69, 9.17) is 0 Å². The van der Waals surface area contributed by atoms with Gasteiger partial charge in [-0.25, -0.2) is 13.1 Å². The zero-order chi connectivity index (χ0) is 15.3. The molecule has 1 fully saturated rings. The Balaban J connectivity index is 1.97. The van der Waals surface area contributed by atoms with Crippen LogP contribution in [0.1, 0.15) is 26.2 Å². The van der Waals surface area contributed by atoms with Crippen molar-refractivity contribution in [1.29, 1.82) is 0 Å². The van der Waals surface area contributed by atoms with Gasteiger partial charge in [0.2, 0.25) is 15.9 Å². The van der Waals surface area contributed by atoms with Gasteiger partial charge in [0.15, 0.2) is 0 Å². The third kappa shape index (κ3) is 4.44. The predicted molar refractivity (Wildman–Crippen MR) is 81.6 cm³/mol. The van der Waals surface area contributed by atoms with Crippen LogP contribution in [0.3, 0.4) is 0 Å². The molecule has 0 aliphatic carbocycles. The molecule has 0 bridgehead atoms. The third-order valence-electron chi connectivity index (χ3n) is 3.34. The van der Waals surface area contributed by atoms with E-state index in [1.165, 1.54) is 0 Å². The van der Waals surface area contributed by atoms with Crippen molar-refractivity contribution >= 4 is 21.6 Å². The Morgan fingerprint density at radius 1 is 1.29 bits per heavy atom. The van der Waals surface area contributed by atoms with E-state index >= 15 is 0 Å². The van der Waals surface area contributed by atoms with E-state index in [2.05, 4.69) is 15.4 Å². The average Bonchev–Trinajstić information content (AvgIpc) is 2.48. The fraction of sp³-hybridized carbons (Fsp3) is 0.500. The molecule has 1 aliphatic rings. The standard InChI is InChI=1S/C14H21N3O3S/c1-2-9-16-21(19,20)13-6-3-11(4-7-13)17-12-5-8-14(18)15-10-12/h3-4,6-7,12,16-17H,2,5,8-10H2,1H3,(H,15,18). The van der Waals surface area contributed by atoms with Gasteiger partial charge in [0.05, 0.1) is 4.90 Å². The first-order valence-electron chi connectivity index (χ1n) is 7.14. The first-order chi connectivity index (χ1) is 10.0. The number of sulfonamides is 1. The summed E-state index contributed by atoms with van der Waals surface area (Å²) in [5.74, 6) is 0.0801. The van der Waals surface area contributed by atoms with E-state index in [9.17, 15) is 13.2 Å². The maximum atomic E-state index is 11.9. The lowest BCUT2D eigenvalue weighted by Gasteiger charge is -2.24. The summed E-state index contributed by atoms with van der Waals surface area (Å²) in [4.78, 5) is 11.4. The Kier molecular flexibility index (Phi) is 5.19. The summed E-state index contributed by atoms with van der Waals surface area (Å²) in [7, 11) is -3.41. The van der Waals surface area contributed by atoms with Crippen LogP contribution in [0, 0.1) is 0 Å². The van der Waals surface area contributed by atoms with Gasteiger partial charge < -0.3 is 10.6 Å². The van der Waals surface area contributed by atoms with Crippen molar-refractivity contribution < 1.29 is 13.2 Å². The molecule has 1 aromatic rings. The summed E-state index contributed by atoms with van der Waals surface area (Å²) in [5, 5.41) is 6.10. The normalized spacial score (nSPS) is 19.1. The van der Waals surface area contributed by atoms with Crippen molar-refractivity contribution in [3.63, 3.8) is 0 Å². The average molecular weight is 311 g/mol. The van der Waals surface area contributed by atoms with E-state index in [0.29, 0.717) is 19.5 Å². The van der Waals surface area contributed by atoms with Crippen LogP contribution in [0.15, 0.2) is 29.2 Å². The third-order valence-corrected chi connectivity index (χ3v) is 4.82. The van der Waals surface area contributed by atoms with Crippen LogP contribution in [0.4, 0.5) is 5.69 Å². The molecule has 0 saturated carbocycles. The largest absolute Gasteiger partial charge is 0.381 e. The predicted octanol–water partition coefficient (Wildman–Crippen LogP) is 1.07. The molecular weight excluding hydrogens is 290 g/mol. The lowest BCUT2D eigenvalue weighted by Crippen LogP contribution is -2.41. The lowest BCUT2D eigenvalue weighted by molar-refractivity contribution is -0.122. The van der Waals surface area contributed by atoms with Gasteiger partial charge in [-0.2, -0.15) is 0 Å². The Morgan fingerprint density at radius 2 is 2.00 bits per heavy atom. The van der Waals surface area contributed by atoms with Crippen LogP contribution >= 0.6 is 0 Å². The molecule has 1 amide bonds. The minimum atomic E-state index is -3.41. The molecule has 1 atom stereocenters. The van der Waals surface area contributed by atoms with E-state index < -0.39 is 10.0 Å². The van der Waals surface area contributed by atoms with Crippen LogP contribution in [0.25, 0.3) is 0 Å². The van der Waals surface area contributed by atoms with Gasteiger partial charge in [-0.05, 0) is 37.1 Å². The molecule has 6 nitrogen and oxygen atoms in total. The van der Waals surface area contributed by atoms with Crippen molar-refractivity contribution in [3.8, 4) is 0 Å². The number of nitrogens with one attached hydrogen (secondary N) is 3. The van der Waals surface area contributed by atoms with Gasteiger partial charge >= 0.3 is 0 Å². The Hall–Kier alpha value is -1.60. The summed E-state index contributed by atoms with van der Waals surface area (Å²) in [6, 6.07) is 6.85. The smallest absolute Gasteiger partial charge is 0.240 e. The summed E-state index contributed by atoms with van der Waals surface area (Å²) < 4.78 is 26.4. The molecule has 116 valence electrons. The number of benzene rings is 1. The van der Waals surface area contributed by atoms with E-state index in [0.717, 1.165) is 18.5 Å². The second-order valence-electron chi connectivity index (χ2n) is 5.11. The van der Waals surface area contributed by atoms with Crippen LogP contribution in [-0.4, -0.2) is 33.5 Å². The van der Waals surface area contributed by atoms with Gasteiger partial charge in [0.25, 0.3) is 0 Å². The second-order valence-corrected chi connectivity index (χ2v) is 6.87. The molecule has 0 aromatic heterocycles. The molecule has 2 rings (SSSR count). The molecule has 1 unspecified atom stereocenters. The first-order valence-corrected chi connectivity index (χ1v) is 8.62. The van der Waals surface area contributed by atoms with Crippen LogP contribution in [-0.2, 0) is 14.8 Å². The fourth-order valence-electron chi connectivity index (χ4n) is 2.14. The number of amides is 1. The molecule has 21 heavy (non-hydrogen) atoms. The molecule has 1 aliphatic heterocycles. The van der Waals surface area contributed by atoms with Gasteiger partial charge in [-0.15, -0.1) is 0 Å². The highest BCUT2D eigenvalue weighted by molar-refractivity contribution is 7.89. The monoisotopic (exact) mass is 311 g/mol. The zero-order valence-corrected chi connectivity index (χ0v) is 12.9. The maximum absolute atomic E-state index is 11.9. The quantitative estimate of drug-likeness (QED) is 0.733. The van der Waals surface area contributed by atoms with E-state index in [-0.39, 0.29) is 16.8 Å². The first kappa shape index (κ1) is 15.8. The summed E-state index contributed by atoms with van der Waals surface area (Å²) >= 11 is 0.